The predicted molar refractivity (Wildman–Crippen MR) is 221 cm³/mol. The van der Waals surface area contributed by atoms with Gasteiger partial charge < -0.3 is 59.0 Å². The number of carbonyl (C=O) groups excluding carboxylic acids is 3. The van der Waals surface area contributed by atoms with Crippen LogP contribution in [0.2, 0.25) is 0 Å². The summed E-state index contributed by atoms with van der Waals surface area (Å²) in [6.07, 6.45) is 17.9. The molecule has 15 heteroatoms. The molecule has 0 aliphatic heterocycles. The molecule has 338 valence electrons. The van der Waals surface area contributed by atoms with Crippen molar-refractivity contribution < 1.29 is 57.0 Å². The molecule has 0 saturated heterocycles. The monoisotopic (exact) mass is 822 g/mol. The largest absolute Gasteiger partial charge is 0.460 e. The van der Waals surface area contributed by atoms with Crippen LogP contribution in [-0.2, 0) is 57.0 Å². The summed E-state index contributed by atoms with van der Waals surface area (Å²) in [5.41, 5.74) is 4.95. The second kappa shape index (κ2) is 43.6. The summed E-state index contributed by atoms with van der Waals surface area (Å²) in [6, 6.07) is 0. The molecule has 4 N–H and O–H groups in total. The molecular weight excluding hydrogens is 738 g/mol. The van der Waals surface area contributed by atoms with Crippen molar-refractivity contribution in [2.45, 2.75) is 129 Å². The van der Waals surface area contributed by atoms with Gasteiger partial charge in [-0.25, -0.2) is 0 Å². The van der Waals surface area contributed by atoms with Crippen molar-refractivity contribution in [2.75, 3.05) is 125 Å². The second-order valence-electron chi connectivity index (χ2n) is 14.9. The zero-order chi connectivity index (χ0) is 41.8. The van der Waals surface area contributed by atoms with Crippen LogP contribution < -0.4 is 16.4 Å². The fourth-order valence-electron chi connectivity index (χ4n) is 5.40. The lowest BCUT2D eigenvalue weighted by Crippen LogP contribution is -2.31. The van der Waals surface area contributed by atoms with Crippen molar-refractivity contribution in [1.29, 1.82) is 0 Å². The summed E-state index contributed by atoms with van der Waals surface area (Å²) in [4.78, 5) is 35.6. The van der Waals surface area contributed by atoms with Crippen LogP contribution >= 0.6 is 0 Å². The smallest absolute Gasteiger partial charge is 0.306 e. The van der Waals surface area contributed by atoms with Gasteiger partial charge in [0, 0.05) is 32.5 Å². The fourth-order valence-corrected chi connectivity index (χ4v) is 5.40. The molecule has 15 nitrogen and oxygen atoms in total. The van der Waals surface area contributed by atoms with Crippen molar-refractivity contribution in [1.82, 2.24) is 10.6 Å². The molecule has 0 aromatic rings. The number of hydrogen-bond donors (Lipinski definition) is 3. The molecular formula is C42H83N3O12. The van der Waals surface area contributed by atoms with Gasteiger partial charge in [0.25, 0.3) is 0 Å². The summed E-state index contributed by atoms with van der Waals surface area (Å²) >= 11 is 0. The average molecular weight is 822 g/mol. The van der Waals surface area contributed by atoms with Gasteiger partial charge >= 0.3 is 5.97 Å². The van der Waals surface area contributed by atoms with Crippen molar-refractivity contribution in [3.8, 4) is 0 Å². The van der Waals surface area contributed by atoms with E-state index in [0.717, 1.165) is 25.7 Å². The normalized spacial score (nSPS) is 11.6. The third kappa shape index (κ3) is 48.3. The highest BCUT2D eigenvalue weighted by atomic mass is 16.6. The lowest BCUT2D eigenvalue weighted by Gasteiger charge is -2.19. The molecule has 0 aliphatic rings. The summed E-state index contributed by atoms with van der Waals surface area (Å²) in [5, 5.41) is 5.65. The third-order valence-electron chi connectivity index (χ3n) is 8.32. The van der Waals surface area contributed by atoms with Crippen LogP contribution in [0.15, 0.2) is 0 Å². The van der Waals surface area contributed by atoms with Gasteiger partial charge in [-0.2, -0.15) is 0 Å². The molecule has 0 fully saturated rings. The molecule has 57 heavy (non-hydrogen) atoms. The first-order chi connectivity index (χ1) is 27.7. The SMILES string of the molecule is CC(C)(C)OC(=O)CCCCCCCCCCCCCCCCC(=O)NCCOCCOCCOCC(=O)NCCOCCOCCOCCOCCOCCN. The molecule has 0 aromatic heterocycles. The van der Waals surface area contributed by atoms with Gasteiger partial charge in [-0.3, -0.25) is 14.4 Å². The zero-order valence-electron chi connectivity index (χ0n) is 36.2. The average Bonchev–Trinajstić information content (AvgIpc) is 3.17. The van der Waals surface area contributed by atoms with Gasteiger partial charge in [-0.15, -0.1) is 0 Å². The maximum absolute atomic E-state index is 12.1. The lowest BCUT2D eigenvalue weighted by molar-refractivity contribution is -0.155. The minimum atomic E-state index is -0.384. The standard InChI is InChI=1S/C42H83N3O12/c1-42(2,3)57-41(48)19-17-15-13-11-9-7-5-4-6-8-10-12-14-16-18-39(46)44-21-24-50-28-31-55-36-37-56-38-40(47)45-22-25-51-27-30-53-33-35-54-34-32-52-29-26-49-23-20-43/h4-38,43H2,1-3H3,(H,44,46)(H,45,47). The number of hydrogen-bond acceptors (Lipinski definition) is 13. The van der Waals surface area contributed by atoms with E-state index < -0.39 is 0 Å². The van der Waals surface area contributed by atoms with Crippen LogP contribution in [0, 0.1) is 0 Å². The second-order valence-corrected chi connectivity index (χ2v) is 14.9. The van der Waals surface area contributed by atoms with Gasteiger partial charge in [0.05, 0.1) is 99.1 Å². The van der Waals surface area contributed by atoms with Gasteiger partial charge in [-0.1, -0.05) is 77.0 Å². The van der Waals surface area contributed by atoms with Crippen molar-refractivity contribution in [3.05, 3.63) is 0 Å². The van der Waals surface area contributed by atoms with Gasteiger partial charge in [0.1, 0.15) is 12.2 Å². The summed E-state index contributed by atoms with van der Waals surface area (Å²) in [5.74, 6) is -0.213. The van der Waals surface area contributed by atoms with Crippen LogP contribution in [0.4, 0.5) is 0 Å². The molecule has 0 saturated carbocycles. The first-order valence-corrected chi connectivity index (χ1v) is 21.8. The third-order valence-corrected chi connectivity index (χ3v) is 8.32. The van der Waals surface area contributed by atoms with E-state index in [1.165, 1.54) is 64.2 Å². The van der Waals surface area contributed by atoms with Crippen LogP contribution in [0.25, 0.3) is 0 Å². The topological polar surface area (TPSA) is 184 Å². The Bertz CT molecular complexity index is 895. The Labute approximate surface area is 345 Å². The Morgan fingerprint density at radius 1 is 0.404 bits per heavy atom. The van der Waals surface area contributed by atoms with E-state index >= 15 is 0 Å². The van der Waals surface area contributed by atoms with Gasteiger partial charge in [0.15, 0.2) is 0 Å². The van der Waals surface area contributed by atoms with Crippen LogP contribution in [0.1, 0.15) is 124 Å². The summed E-state index contributed by atoms with van der Waals surface area (Å²) < 4.78 is 48.5. The number of carbonyl (C=O) groups is 3. The minimum absolute atomic E-state index is 0.0417. The molecule has 0 heterocycles. The molecule has 0 atom stereocenters. The predicted octanol–water partition coefficient (Wildman–Crippen LogP) is 4.89. The van der Waals surface area contributed by atoms with Crippen molar-refractivity contribution in [2.24, 2.45) is 5.73 Å². The molecule has 0 unspecified atom stereocenters. The number of unbranched alkanes of at least 4 members (excludes halogenated alkanes) is 13. The Kier molecular flexibility index (Phi) is 42.1. The molecule has 0 bridgehead atoms. The number of ether oxygens (including phenoxy) is 9. The Morgan fingerprint density at radius 2 is 0.719 bits per heavy atom. The van der Waals surface area contributed by atoms with Crippen molar-refractivity contribution in [3.63, 3.8) is 0 Å². The van der Waals surface area contributed by atoms with E-state index in [2.05, 4.69) is 10.6 Å². The highest BCUT2D eigenvalue weighted by Gasteiger charge is 2.15. The van der Waals surface area contributed by atoms with E-state index in [4.69, 9.17) is 48.4 Å². The molecule has 0 aliphatic carbocycles. The number of esters is 1. The van der Waals surface area contributed by atoms with Crippen LogP contribution in [0.3, 0.4) is 0 Å². The van der Waals surface area contributed by atoms with Crippen LogP contribution in [0.5, 0.6) is 0 Å². The quantitative estimate of drug-likeness (QED) is 0.0558. The molecule has 0 radical (unpaired) electrons. The molecule has 0 rings (SSSR count). The van der Waals surface area contributed by atoms with E-state index in [-0.39, 0.29) is 30.0 Å². The molecule has 0 spiro atoms. The van der Waals surface area contributed by atoms with E-state index in [9.17, 15) is 14.4 Å². The van der Waals surface area contributed by atoms with E-state index in [1.54, 1.807) is 0 Å². The Morgan fingerprint density at radius 3 is 1.11 bits per heavy atom. The van der Waals surface area contributed by atoms with Crippen molar-refractivity contribution >= 4 is 17.8 Å². The number of nitrogens with one attached hydrogen (secondary N) is 2. The Hall–Kier alpha value is -1.95. The number of nitrogens with two attached hydrogens (primary N) is 1. The zero-order valence-corrected chi connectivity index (χ0v) is 36.2. The van der Waals surface area contributed by atoms with E-state index in [0.29, 0.717) is 132 Å². The first-order valence-electron chi connectivity index (χ1n) is 21.8. The van der Waals surface area contributed by atoms with Gasteiger partial charge in [-0.05, 0) is 33.6 Å². The summed E-state index contributed by atoms with van der Waals surface area (Å²) in [6.45, 7) is 13.9. The number of rotatable bonds is 45. The maximum atomic E-state index is 12.1. The number of amides is 2. The first kappa shape index (κ1) is 55.0. The molecule has 0 aromatic carbocycles. The van der Waals surface area contributed by atoms with Gasteiger partial charge in [0.2, 0.25) is 11.8 Å². The molecule has 2 amide bonds. The van der Waals surface area contributed by atoms with Crippen LogP contribution in [-0.4, -0.2) is 149 Å². The lowest BCUT2D eigenvalue weighted by atomic mass is 10.0. The summed E-state index contributed by atoms with van der Waals surface area (Å²) in [7, 11) is 0. The van der Waals surface area contributed by atoms with E-state index in [1.807, 2.05) is 20.8 Å². The maximum Gasteiger partial charge on any atom is 0.306 e. The highest BCUT2D eigenvalue weighted by molar-refractivity contribution is 5.77. The highest BCUT2D eigenvalue weighted by Crippen LogP contribution is 2.15. The minimum Gasteiger partial charge on any atom is -0.460 e. The Balaban J connectivity index is 3.26. The fraction of sp³-hybridized carbons (Fsp3) is 0.929.